The first-order valence-electron chi connectivity index (χ1n) is 10.4. The number of aromatic nitrogens is 2. The molecular formula is C23H24N4O5S. The minimum Gasteiger partial charge on any atom is -0.483 e. The van der Waals surface area contributed by atoms with Crippen LogP contribution in [0.2, 0.25) is 0 Å². The van der Waals surface area contributed by atoms with Gasteiger partial charge in [-0.3, -0.25) is 9.59 Å². The van der Waals surface area contributed by atoms with E-state index < -0.39 is 10.0 Å². The number of rotatable bonds is 8. The summed E-state index contributed by atoms with van der Waals surface area (Å²) in [4.78, 5) is 31.3. The Morgan fingerprint density at radius 1 is 1.15 bits per heavy atom. The summed E-state index contributed by atoms with van der Waals surface area (Å²) in [7, 11) is -3.55. The van der Waals surface area contributed by atoms with E-state index in [1.165, 1.54) is 18.2 Å². The van der Waals surface area contributed by atoms with Crippen LogP contribution in [0, 0.1) is 13.8 Å². The number of nitrogens with one attached hydrogen (secondary N) is 3. The second kappa shape index (κ2) is 9.16. The van der Waals surface area contributed by atoms with Crippen LogP contribution in [0.5, 0.6) is 5.75 Å². The van der Waals surface area contributed by atoms with Gasteiger partial charge in [0.15, 0.2) is 6.61 Å². The number of benzene rings is 2. The summed E-state index contributed by atoms with van der Waals surface area (Å²) in [6.45, 7) is 3.20. The van der Waals surface area contributed by atoms with E-state index >= 15 is 0 Å². The fourth-order valence-corrected chi connectivity index (χ4v) is 4.63. The number of amides is 1. The molecule has 1 aliphatic rings. The number of carbonyl (C=O) groups excluding carboxylic acids is 1. The van der Waals surface area contributed by atoms with Crippen molar-refractivity contribution in [2.45, 2.75) is 37.6 Å². The second-order valence-electron chi connectivity index (χ2n) is 7.98. The van der Waals surface area contributed by atoms with Gasteiger partial charge in [0.25, 0.3) is 11.5 Å². The molecule has 0 atom stereocenters. The van der Waals surface area contributed by atoms with Crippen LogP contribution in [-0.4, -0.2) is 36.9 Å². The van der Waals surface area contributed by atoms with Crippen molar-refractivity contribution in [1.82, 2.24) is 14.7 Å². The Balaban J connectivity index is 1.39. The van der Waals surface area contributed by atoms with Gasteiger partial charge in [0, 0.05) is 29.1 Å². The molecule has 0 unspecified atom stereocenters. The summed E-state index contributed by atoms with van der Waals surface area (Å²) in [6, 6.07) is 12.9. The SMILES string of the molecule is Cc1cc(=O)[nH]c(-c2cccc(NC(=O)COc3ccc(S(=O)(=O)NC4CC4)cc3C)c2)n1. The van der Waals surface area contributed by atoms with Crippen molar-refractivity contribution < 1.29 is 17.9 Å². The molecule has 1 fully saturated rings. The van der Waals surface area contributed by atoms with Gasteiger partial charge in [-0.25, -0.2) is 18.1 Å². The highest BCUT2D eigenvalue weighted by molar-refractivity contribution is 7.89. The third-order valence-corrected chi connectivity index (χ3v) is 6.52. The summed E-state index contributed by atoms with van der Waals surface area (Å²) in [5.41, 5.74) is 2.13. The molecule has 3 N–H and O–H groups in total. The van der Waals surface area contributed by atoms with E-state index in [-0.39, 0.29) is 29.0 Å². The first-order chi connectivity index (χ1) is 15.7. The van der Waals surface area contributed by atoms with Crippen molar-refractivity contribution >= 4 is 21.6 Å². The van der Waals surface area contributed by atoms with Crippen LogP contribution in [0.4, 0.5) is 5.69 Å². The summed E-state index contributed by atoms with van der Waals surface area (Å²) < 4.78 is 32.9. The van der Waals surface area contributed by atoms with Crippen molar-refractivity contribution in [2.75, 3.05) is 11.9 Å². The lowest BCUT2D eigenvalue weighted by Gasteiger charge is -2.12. The molecule has 4 rings (SSSR count). The van der Waals surface area contributed by atoms with Gasteiger partial charge in [0.2, 0.25) is 10.0 Å². The first kappa shape index (κ1) is 22.7. The Morgan fingerprint density at radius 2 is 1.94 bits per heavy atom. The number of sulfonamides is 1. The van der Waals surface area contributed by atoms with Crippen LogP contribution in [0.3, 0.4) is 0 Å². The molecule has 10 heteroatoms. The molecule has 0 aliphatic heterocycles. The molecule has 9 nitrogen and oxygen atoms in total. The van der Waals surface area contributed by atoms with Crippen LogP contribution in [0.25, 0.3) is 11.4 Å². The van der Waals surface area contributed by atoms with Gasteiger partial charge >= 0.3 is 0 Å². The summed E-state index contributed by atoms with van der Waals surface area (Å²) in [5, 5.41) is 2.75. The van der Waals surface area contributed by atoms with E-state index in [0.29, 0.717) is 34.1 Å². The van der Waals surface area contributed by atoms with E-state index in [1.54, 1.807) is 44.2 Å². The standard InChI is InChI=1S/C23H24N4O5S/c1-14-10-19(33(30,31)27-17-6-7-17)8-9-20(14)32-13-22(29)25-18-5-3-4-16(12-18)23-24-15(2)11-21(28)26-23/h3-5,8-12,17,27H,6-7,13H2,1-2H3,(H,25,29)(H,24,26,28). The van der Waals surface area contributed by atoms with E-state index in [0.717, 1.165) is 12.8 Å². The predicted octanol–water partition coefficient (Wildman–Crippen LogP) is 2.51. The average Bonchev–Trinajstić information content (AvgIpc) is 3.55. The quantitative estimate of drug-likeness (QED) is 0.466. The summed E-state index contributed by atoms with van der Waals surface area (Å²) in [6.07, 6.45) is 1.72. The average molecular weight is 469 g/mol. The molecule has 1 amide bonds. The maximum atomic E-state index is 12.4. The maximum absolute atomic E-state index is 12.4. The molecule has 0 saturated heterocycles. The van der Waals surface area contributed by atoms with Crippen molar-refractivity contribution in [3.63, 3.8) is 0 Å². The largest absolute Gasteiger partial charge is 0.483 e. The fraction of sp³-hybridized carbons (Fsp3) is 0.261. The topological polar surface area (TPSA) is 130 Å². The zero-order valence-corrected chi connectivity index (χ0v) is 19.0. The fourth-order valence-electron chi connectivity index (χ4n) is 3.24. The van der Waals surface area contributed by atoms with Crippen LogP contribution >= 0.6 is 0 Å². The Bertz CT molecular complexity index is 1360. The number of hydrogen-bond donors (Lipinski definition) is 3. The minimum absolute atomic E-state index is 0.0235. The molecular weight excluding hydrogens is 444 g/mol. The highest BCUT2D eigenvalue weighted by Crippen LogP contribution is 2.25. The molecule has 0 spiro atoms. The Labute approximate surface area is 191 Å². The molecule has 2 aromatic carbocycles. The van der Waals surface area contributed by atoms with Gasteiger partial charge in [0.05, 0.1) is 4.90 Å². The lowest BCUT2D eigenvalue weighted by molar-refractivity contribution is -0.118. The Kier molecular flexibility index (Phi) is 6.30. The maximum Gasteiger partial charge on any atom is 0.262 e. The number of hydrogen-bond acceptors (Lipinski definition) is 6. The first-order valence-corrected chi connectivity index (χ1v) is 11.9. The normalized spacial score (nSPS) is 13.5. The number of aromatic amines is 1. The molecule has 172 valence electrons. The predicted molar refractivity (Wildman–Crippen MR) is 124 cm³/mol. The Morgan fingerprint density at radius 3 is 2.64 bits per heavy atom. The monoisotopic (exact) mass is 468 g/mol. The van der Waals surface area contributed by atoms with Gasteiger partial charge in [-0.1, -0.05) is 12.1 Å². The smallest absolute Gasteiger partial charge is 0.262 e. The van der Waals surface area contributed by atoms with Gasteiger partial charge < -0.3 is 15.0 Å². The number of anilines is 1. The van der Waals surface area contributed by atoms with Crippen molar-refractivity contribution in [3.05, 3.63) is 70.1 Å². The Hall–Kier alpha value is -3.50. The van der Waals surface area contributed by atoms with E-state index in [1.807, 2.05) is 0 Å². The van der Waals surface area contributed by atoms with Crippen LogP contribution in [-0.2, 0) is 14.8 Å². The molecule has 1 saturated carbocycles. The van der Waals surface area contributed by atoms with Crippen molar-refractivity contribution in [2.24, 2.45) is 0 Å². The number of aryl methyl sites for hydroxylation is 2. The van der Waals surface area contributed by atoms with E-state index in [4.69, 9.17) is 4.74 Å². The number of carbonyl (C=O) groups is 1. The molecule has 0 radical (unpaired) electrons. The second-order valence-corrected chi connectivity index (χ2v) is 9.69. The molecule has 1 heterocycles. The molecule has 1 aliphatic carbocycles. The lowest BCUT2D eigenvalue weighted by Crippen LogP contribution is -2.25. The van der Waals surface area contributed by atoms with Gasteiger partial charge in [-0.2, -0.15) is 0 Å². The molecule has 1 aromatic heterocycles. The van der Waals surface area contributed by atoms with E-state index in [9.17, 15) is 18.0 Å². The van der Waals surface area contributed by atoms with Gasteiger partial charge in [-0.15, -0.1) is 0 Å². The third kappa shape index (κ3) is 5.85. The van der Waals surface area contributed by atoms with Crippen LogP contribution in [0.15, 0.2) is 58.2 Å². The van der Waals surface area contributed by atoms with Gasteiger partial charge in [-0.05, 0) is 62.6 Å². The number of nitrogens with zero attached hydrogens (tertiary/aromatic N) is 1. The van der Waals surface area contributed by atoms with Crippen molar-refractivity contribution in [3.8, 4) is 17.1 Å². The van der Waals surface area contributed by atoms with Crippen LogP contribution in [0.1, 0.15) is 24.1 Å². The molecule has 33 heavy (non-hydrogen) atoms. The van der Waals surface area contributed by atoms with Crippen molar-refractivity contribution in [1.29, 1.82) is 0 Å². The number of ether oxygens (including phenoxy) is 1. The highest BCUT2D eigenvalue weighted by atomic mass is 32.2. The third-order valence-electron chi connectivity index (χ3n) is 5.00. The zero-order valence-electron chi connectivity index (χ0n) is 18.2. The van der Waals surface area contributed by atoms with E-state index in [2.05, 4.69) is 20.0 Å². The van der Waals surface area contributed by atoms with Gasteiger partial charge in [0.1, 0.15) is 11.6 Å². The zero-order chi connectivity index (χ0) is 23.6. The van der Waals surface area contributed by atoms with Crippen LogP contribution < -0.4 is 20.3 Å². The number of H-pyrrole nitrogens is 1. The minimum atomic E-state index is -3.55. The summed E-state index contributed by atoms with van der Waals surface area (Å²) >= 11 is 0. The summed E-state index contributed by atoms with van der Waals surface area (Å²) in [5.74, 6) is 0.448. The lowest BCUT2D eigenvalue weighted by atomic mass is 10.2. The highest BCUT2D eigenvalue weighted by Gasteiger charge is 2.28. The molecule has 0 bridgehead atoms. The molecule has 3 aromatic rings.